The Bertz CT molecular complexity index is 991. The smallest absolute Gasteiger partial charge is 0.226 e. The van der Waals surface area contributed by atoms with Crippen LogP contribution in [-0.4, -0.2) is 16.6 Å². The third-order valence-electron chi connectivity index (χ3n) is 5.04. The number of benzene rings is 2. The van der Waals surface area contributed by atoms with Gasteiger partial charge in [-0.25, -0.2) is 4.98 Å². The van der Waals surface area contributed by atoms with Gasteiger partial charge in [0.2, 0.25) is 5.89 Å². The van der Waals surface area contributed by atoms with Crippen molar-refractivity contribution in [2.24, 2.45) is 5.41 Å². The molecule has 1 heterocycles. The molecule has 0 bridgehead atoms. The summed E-state index contributed by atoms with van der Waals surface area (Å²) in [7, 11) is 0. The van der Waals surface area contributed by atoms with Crippen LogP contribution in [0.4, 0.5) is 0 Å². The van der Waals surface area contributed by atoms with E-state index in [9.17, 15) is 0 Å². The van der Waals surface area contributed by atoms with Gasteiger partial charge in [0.25, 0.3) is 0 Å². The van der Waals surface area contributed by atoms with Crippen LogP contribution in [0.1, 0.15) is 55.8 Å². The summed E-state index contributed by atoms with van der Waals surface area (Å²) in [5, 5.41) is 6.76. The number of hydrogen-bond acceptors (Lipinski definition) is 3. The summed E-state index contributed by atoms with van der Waals surface area (Å²) >= 11 is 0. The van der Waals surface area contributed by atoms with Gasteiger partial charge in [-0.05, 0) is 24.5 Å². The molecule has 4 nitrogen and oxygen atoms in total. The Kier molecular flexibility index (Phi) is 13.1. The van der Waals surface area contributed by atoms with E-state index >= 15 is 0 Å². The zero-order valence-corrected chi connectivity index (χ0v) is 22.9. The second-order valence-corrected chi connectivity index (χ2v) is 7.66. The first-order valence-electron chi connectivity index (χ1n) is 10.3. The summed E-state index contributed by atoms with van der Waals surface area (Å²) in [4.78, 5) is 13.0. The molecule has 0 aliphatic heterocycles. The van der Waals surface area contributed by atoms with Gasteiger partial charge in [-0.2, -0.15) is 24.1 Å². The fourth-order valence-electron chi connectivity index (χ4n) is 3.07. The molecule has 0 unspecified atom stereocenters. The van der Waals surface area contributed by atoms with Gasteiger partial charge < -0.3 is 14.3 Å². The Labute approximate surface area is 218 Å². The van der Waals surface area contributed by atoms with E-state index < -0.39 is 0 Å². The van der Waals surface area contributed by atoms with Gasteiger partial charge in [0.1, 0.15) is 5.76 Å². The van der Waals surface area contributed by atoms with Crippen molar-refractivity contribution in [2.75, 3.05) is 0 Å². The molecule has 32 heavy (non-hydrogen) atoms. The molecule has 0 amide bonds. The van der Waals surface area contributed by atoms with Crippen LogP contribution >= 0.6 is 0 Å². The van der Waals surface area contributed by atoms with E-state index in [0.29, 0.717) is 12.4 Å². The summed E-state index contributed by atoms with van der Waals surface area (Å²) in [5.41, 5.74) is 6.30. The van der Waals surface area contributed by atoms with Gasteiger partial charge in [0.05, 0.1) is 5.69 Å². The van der Waals surface area contributed by atoms with Crippen LogP contribution in [0.3, 0.4) is 0 Å². The molecule has 0 spiro atoms. The van der Waals surface area contributed by atoms with E-state index in [1.54, 1.807) is 0 Å². The predicted molar refractivity (Wildman–Crippen MR) is 129 cm³/mol. The SMILES string of the molecule is C=C(c1ccc(C)c([CH2-])c1)C(C)(C)Cc1nc(-c2ccccc2)oc1C.CC.O=[C-]O.[Y]. The molecular formula is C27H33NO3Y-2. The number of aryl methyl sites for hydroxylation is 2. The average Bonchev–Trinajstić information content (AvgIpc) is 3.12. The first-order valence-corrected chi connectivity index (χ1v) is 10.3. The summed E-state index contributed by atoms with van der Waals surface area (Å²) in [6.07, 6.45) is 0.772. The van der Waals surface area contributed by atoms with Gasteiger partial charge >= 0.3 is 0 Å². The molecule has 1 N–H and O–H groups in total. The maximum Gasteiger partial charge on any atom is 0.226 e. The van der Waals surface area contributed by atoms with Crippen LogP contribution < -0.4 is 0 Å². The van der Waals surface area contributed by atoms with Gasteiger partial charge in [-0.15, -0.1) is 6.07 Å². The Balaban J connectivity index is 0.00000148. The monoisotopic (exact) mass is 508 g/mol. The number of allylic oxidation sites excluding steroid dienone is 1. The van der Waals surface area contributed by atoms with Crippen molar-refractivity contribution in [1.29, 1.82) is 0 Å². The van der Waals surface area contributed by atoms with Crippen LogP contribution in [0.2, 0.25) is 0 Å². The quantitative estimate of drug-likeness (QED) is 0.375. The van der Waals surface area contributed by atoms with Crippen molar-refractivity contribution in [2.45, 2.75) is 48.0 Å². The molecule has 0 atom stereocenters. The normalized spacial score (nSPS) is 9.94. The Morgan fingerprint density at radius 1 is 1.16 bits per heavy atom. The number of aliphatic hydroxyl groups excluding tert-OH is 1. The Hall–Kier alpha value is -2.17. The van der Waals surface area contributed by atoms with Crippen molar-refractivity contribution in [1.82, 2.24) is 4.98 Å². The molecule has 2 aromatic carbocycles. The number of rotatable bonds is 5. The summed E-state index contributed by atoms with van der Waals surface area (Å²) < 4.78 is 5.92. The molecule has 1 radical (unpaired) electrons. The molecule has 3 rings (SSSR count). The van der Waals surface area contributed by atoms with Crippen LogP contribution in [0.5, 0.6) is 0 Å². The fourth-order valence-corrected chi connectivity index (χ4v) is 3.07. The van der Waals surface area contributed by atoms with Crippen LogP contribution in [0, 0.1) is 26.2 Å². The Morgan fingerprint density at radius 2 is 1.72 bits per heavy atom. The van der Waals surface area contributed by atoms with E-state index in [1.807, 2.05) is 51.1 Å². The molecule has 169 valence electrons. The van der Waals surface area contributed by atoms with E-state index in [0.717, 1.165) is 40.1 Å². The minimum atomic E-state index is -0.142. The number of nitrogens with zero attached hydrogens (tertiary/aromatic N) is 1. The maximum atomic E-state index is 8.24. The van der Waals surface area contributed by atoms with Crippen LogP contribution in [-0.2, 0) is 43.9 Å². The molecule has 0 aliphatic rings. The molecular weight excluding hydrogens is 475 g/mol. The summed E-state index contributed by atoms with van der Waals surface area (Å²) in [6, 6.07) is 16.4. The van der Waals surface area contributed by atoms with Gasteiger partial charge in [0, 0.05) is 44.7 Å². The zero-order chi connectivity index (χ0) is 23.6. The number of oxazole rings is 1. The first-order chi connectivity index (χ1) is 14.7. The maximum absolute atomic E-state index is 8.24. The Morgan fingerprint density at radius 3 is 2.25 bits per heavy atom. The summed E-state index contributed by atoms with van der Waals surface area (Å²) in [5.74, 6) is 1.54. The molecule has 0 saturated carbocycles. The van der Waals surface area contributed by atoms with Crippen molar-refractivity contribution in [3.63, 3.8) is 0 Å². The van der Waals surface area contributed by atoms with Crippen LogP contribution in [0.25, 0.3) is 17.0 Å². The average molecular weight is 508 g/mol. The van der Waals surface area contributed by atoms with Crippen molar-refractivity contribution in [3.05, 3.63) is 90.2 Å². The van der Waals surface area contributed by atoms with Gasteiger partial charge in [0.15, 0.2) is 0 Å². The molecule has 0 fully saturated rings. The molecule has 5 heteroatoms. The minimum absolute atomic E-state index is 0. The van der Waals surface area contributed by atoms with E-state index in [1.165, 1.54) is 5.56 Å². The topological polar surface area (TPSA) is 63.3 Å². The van der Waals surface area contributed by atoms with E-state index in [2.05, 4.69) is 52.5 Å². The largest absolute Gasteiger partial charge is 0.665 e. The third-order valence-corrected chi connectivity index (χ3v) is 5.04. The van der Waals surface area contributed by atoms with Crippen molar-refractivity contribution >= 4 is 12.0 Å². The standard InChI is InChI=1S/C24H26NO.C2H6.CHO2.Y/c1-16-12-13-21(14-17(16)2)18(3)24(5,6)15-22-19(4)26-23(25-22)20-10-8-7-9-11-20;1-2;2-1-3;/h7-14H,2-3,15H2,1,4-6H3;1-2H3;(H,2,3);/q-1;;-1;. The zero-order valence-electron chi connectivity index (χ0n) is 20.0. The fraction of sp³-hybridized carbons (Fsp3) is 0.296. The molecule has 3 aromatic rings. The second-order valence-electron chi connectivity index (χ2n) is 7.66. The summed E-state index contributed by atoms with van der Waals surface area (Å²) in [6.45, 7) is 21.4. The minimum Gasteiger partial charge on any atom is -0.665 e. The van der Waals surface area contributed by atoms with Gasteiger partial charge in [-0.3, -0.25) is 0 Å². The number of hydrogen-bond donors (Lipinski definition) is 1. The third kappa shape index (κ3) is 8.07. The number of aromatic nitrogens is 1. The van der Waals surface area contributed by atoms with Gasteiger partial charge in [-0.1, -0.05) is 83.1 Å². The van der Waals surface area contributed by atoms with E-state index in [-0.39, 0.29) is 38.1 Å². The van der Waals surface area contributed by atoms with Crippen molar-refractivity contribution < 1.29 is 47.0 Å². The molecule has 0 aliphatic carbocycles. The van der Waals surface area contributed by atoms with Crippen molar-refractivity contribution in [3.8, 4) is 11.5 Å². The predicted octanol–water partition coefficient (Wildman–Crippen LogP) is 7.06. The van der Waals surface area contributed by atoms with Crippen LogP contribution in [0.15, 0.2) is 59.5 Å². The second kappa shape index (κ2) is 14.1. The first kappa shape index (κ1) is 29.8. The molecule has 1 aromatic heterocycles. The molecule has 0 saturated heterocycles. The van der Waals surface area contributed by atoms with E-state index in [4.69, 9.17) is 19.3 Å².